The van der Waals surface area contributed by atoms with Crippen LogP contribution in [0.3, 0.4) is 0 Å². The summed E-state index contributed by atoms with van der Waals surface area (Å²) in [6.07, 6.45) is 4.36. The smallest absolute Gasteiger partial charge is 0.381 e. The molecule has 4 fully saturated rings. The summed E-state index contributed by atoms with van der Waals surface area (Å²) in [5.74, 6) is 0.284. The molecule has 0 amide bonds. The Morgan fingerprint density at radius 3 is 2.28 bits per heavy atom. The van der Waals surface area contributed by atoms with Gasteiger partial charge in [0.15, 0.2) is 0 Å². The maximum absolute atomic E-state index is 13.2. The number of anilines is 1. The summed E-state index contributed by atoms with van der Waals surface area (Å²) in [4.78, 5) is 18.7. The highest BCUT2D eigenvalue weighted by Crippen LogP contribution is 2.45. The van der Waals surface area contributed by atoms with Crippen molar-refractivity contribution < 1.29 is 18.0 Å². The number of hydrogen-bond acceptors (Lipinski definition) is 6. The van der Waals surface area contributed by atoms with E-state index in [1.54, 1.807) is 0 Å². The molecule has 230 valence electrons. The molecule has 4 aliphatic rings. The lowest BCUT2D eigenvalue weighted by Gasteiger charge is -2.55. The van der Waals surface area contributed by atoms with Crippen molar-refractivity contribution in [3.63, 3.8) is 0 Å². The Morgan fingerprint density at radius 1 is 1.02 bits per heavy atom. The third kappa shape index (κ3) is 5.96. The number of aryl methyl sites for hydroxylation is 1. The van der Waals surface area contributed by atoms with Gasteiger partial charge in [-0.2, -0.15) is 13.2 Å². The molecular weight excluding hydrogens is 575 g/mol. The number of carbonyl (C=O) groups is 1. The van der Waals surface area contributed by atoms with E-state index in [1.165, 1.54) is 18.0 Å². The molecule has 43 heavy (non-hydrogen) atoms. The van der Waals surface area contributed by atoms with Gasteiger partial charge in [0.2, 0.25) is 0 Å². The summed E-state index contributed by atoms with van der Waals surface area (Å²) in [6.45, 7) is 8.22. The van der Waals surface area contributed by atoms with Gasteiger partial charge in [-0.05, 0) is 105 Å². The highest BCUT2D eigenvalue weighted by Gasteiger charge is 2.43. The zero-order chi connectivity index (χ0) is 30.4. The Kier molecular flexibility index (Phi) is 8.35. The highest BCUT2D eigenvalue weighted by atomic mass is 35.5. The predicted octanol–water partition coefficient (Wildman–Crippen LogP) is 6.27. The summed E-state index contributed by atoms with van der Waals surface area (Å²) < 4.78 is 39.5. The minimum Gasteiger partial charge on any atom is -0.381 e. The van der Waals surface area contributed by atoms with Crippen LogP contribution in [-0.2, 0) is 11.7 Å². The Bertz CT molecular complexity index is 1390. The summed E-state index contributed by atoms with van der Waals surface area (Å²) in [5.41, 5.74) is 3.37. The average molecular weight is 614 g/mol. The molecule has 0 aromatic heterocycles. The van der Waals surface area contributed by atoms with Crippen molar-refractivity contribution in [2.75, 3.05) is 44.2 Å². The van der Waals surface area contributed by atoms with E-state index in [1.807, 2.05) is 25.3 Å². The maximum Gasteiger partial charge on any atom is 0.416 e. The van der Waals surface area contributed by atoms with Crippen LogP contribution in [0, 0.1) is 18.3 Å². The monoisotopic (exact) mass is 613 g/mol. The Labute approximate surface area is 256 Å². The SMILES string of the molecule is Cc1cc(N2CC(N3CC(N4CCC(/C(C=N)=C/NC5(c6ccc(C(F)(F)F)cc6Cl)CCC5)CC4)C3)C2)ccc1C=O. The number of piperidine rings is 1. The molecule has 3 saturated heterocycles. The topological polar surface area (TPSA) is 62.7 Å². The molecule has 1 aliphatic carbocycles. The second-order valence-corrected chi connectivity index (χ2v) is 13.1. The molecule has 0 bridgehead atoms. The van der Waals surface area contributed by atoms with E-state index in [2.05, 4.69) is 26.1 Å². The van der Waals surface area contributed by atoms with Crippen molar-refractivity contribution in [1.82, 2.24) is 15.1 Å². The Balaban J connectivity index is 0.981. The number of benzene rings is 2. The highest BCUT2D eigenvalue weighted by molar-refractivity contribution is 6.31. The van der Waals surface area contributed by atoms with Crippen LogP contribution in [0.1, 0.15) is 59.2 Å². The molecule has 2 aromatic carbocycles. The number of halogens is 4. The molecule has 3 heterocycles. The van der Waals surface area contributed by atoms with E-state index in [0.717, 1.165) is 106 Å². The Hall–Kier alpha value is -2.88. The lowest BCUT2D eigenvalue weighted by Crippen LogP contribution is -2.70. The van der Waals surface area contributed by atoms with Crippen molar-refractivity contribution in [1.29, 1.82) is 5.41 Å². The molecule has 0 atom stereocenters. The molecule has 10 heteroatoms. The number of hydrogen-bond donors (Lipinski definition) is 2. The molecule has 6 nitrogen and oxygen atoms in total. The molecule has 3 aliphatic heterocycles. The number of allylic oxidation sites excluding steroid dienone is 1. The van der Waals surface area contributed by atoms with Gasteiger partial charge in [0.1, 0.15) is 6.29 Å². The van der Waals surface area contributed by atoms with E-state index in [4.69, 9.17) is 17.0 Å². The van der Waals surface area contributed by atoms with Gasteiger partial charge in [-0.1, -0.05) is 17.7 Å². The average Bonchev–Trinajstić information content (AvgIpc) is 2.91. The van der Waals surface area contributed by atoms with Crippen LogP contribution in [0.4, 0.5) is 18.9 Å². The fourth-order valence-electron chi connectivity index (χ4n) is 7.10. The zero-order valence-electron chi connectivity index (χ0n) is 24.5. The normalized spacial score (nSPS) is 22.4. The molecule has 2 aromatic rings. The lowest BCUT2D eigenvalue weighted by atomic mass is 9.71. The van der Waals surface area contributed by atoms with Crippen LogP contribution < -0.4 is 10.2 Å². The third-order valence-electron chi connectivity index (χ3n) is 10.2. The van der Waals surface area contributed by atoms with Crippen molar-refractivity contribution in [2.24, 2.45) is 5.92 Å². The number of carbonyl (C=O) groups excluding carboxylic acids is 1. The van der Waals surface area contributed by atoms with Crippen LogP contribution in [0.25, 0.3) is 0 Å². The largest absolute Gasteiger partial charge is 0.416 e. The van der Waals surface area contributed by atoms with Gasteiger partial charge in [0.05, 0.1) is 11.1 Å². The minimum absolute atomic E-state index is 0.132. The van der Waals surface area contributed by atoms with Crippen molar-refractivity contribution in [3.05, 3.63) is 75.4 Å². The number of alkyl halides is 3. The van der Waals surface area contributed by atoms with Crippen LogP contribution in [0.2, 0.25) is 5.02 Å². The van der Waals surface area contributed by atoms with E-state index < -0.39 is 17.3 Å². The van der Waals surface area contributed by atoms with E-state index >= 15 is 0 Å². The molecule has 0 spiro atoms. The third-order valence-corrected chi connectivity index (χ3v) is 10.5. The van der Waals surface area contributed by atoms with E-state index in [9.17, 15) is 18.0 Å². The van der Waals surface area contributed by atoms with Crippen LogP contribution in [-0.4, -0.2) is 73.7 Å². The Morgan fingerprint density at radius 2 is 1.72 bits per heavy atom. The number of nitrogens with one attached hydrogen (secondary N) is 2. The summed E-state index contributed by atoms with van der Waals surface area (Å²) in [7, 11) is 0. The second-order valence-electron chi connectivity index (χ2n) is 12.7. The van der Waals surface area contributed by atoms with Crippen molar-refractivity contribution in [2.45, 2.75) is 62.8 Å². The predicted molar refractivity (Wildman–Crippen MR) is 164 cm³/mol. The summed E-state index contributed by atoms with van der Waals surface area (Å²) in [5, 5.41) is 11.7. The number of rotatable bonds is 9. The molecule has 2 N–H and O–H groups in total. The van der Waals surface area contributed by atoms with Gasteiger partial charge < -0.3 is 15.6 Å². The number of aldehydes is 1. The quantitative estimate of drug-likeness (QED) is 0.258. The van der Waals surface area contributed by atoms with Gasteiger partial charge in [-0.25, -0.2) is 0 Å². The fraction of sp³-hybridized carbons (Fsp3) is 0.515. The second kappa shape index (κ2) is 11.9. The standard InChI is InChI=1S/C33H39ClF3N5O/c1-22-13-27(5-3-24(22)21-43)41-19-29(20-41)42-17-28(18-42)40-11-7-23(8-12-40)25(15-38)16-39-32(9-2-10-32)30-6-4-26(14-31(30)34)33(35,36)37/h3-6,13-16,21,23,28-29,38-39H,2,7-12,17-20H2,1H3/b25-16+,38-15?. The van der Waals surface area contributed by atoms with Crippen molar-refractivity contribution >= 4 is 29.8 Å². The van der Waals surface area contributed by atoms with Gasteiger partial charge in [0, 0.05) is 67.0 Å². The molecule has 0 radical (unpaired) electrons. The van der Waals surface area contributed by atoms with Gasteiger partial charge in [-0.3, -0.25) is 14.6 Å². The first-order chi connectivity index (χ1) is 20.6. The lowest BCUT2D eigenvalue weighted by molar-refractivity contribution is -0.137. The van der Waals surface area contributed by atoms with Crippen LogP contribution in [0.15, 0.2) is 48.2 Å². The van der Waals surface area contributed by atoms with E-state index in [-0.39, 0.29) is 10.9 Å². The first-order valence-electron chi connectivity index (χ1n) is 15.2. The molecule has 1 saturated carbocycles. The van der Waals surface area contributed by atoms with Gasteiger partial charge in [0.25, 0.3) is 0 Å². The van der Waals surface area contributed by atoms with Crippen LogP contribution >= 0.6 is 11.6 Å². The minimum atomic E-state index is -4.42. The molecule has 6 rings (SSSR count). The summed E-state index contributed by atoms with van der Waals surface area (Å²) in [6, 6.07) is 10.8. The van der Waals surface area contributed by atoms with Gasteiger partial charge in [-0.15, -0.1) is 0 Å². The van der Waals surface area contributed by atoms with E-state index in [0.29, 0.717) is 17.6 Å². The zero-order valence-corrected chi connectivity index (χ0v) is 25.2. The number of nitrogens with zero attached hydrogens (tertiary/aromatic N) is 3. The summed E-state index contributed by atoms with van der Waals surface area (Å²) >= 11 is 6.36. The maximum atomic E-state index is 13.2. The molecule has 0 unspecified atom stereocenters. The first kappa shape index (κ1) is 30.2. The molecular formula is C33H39ClF3N5O. The van der Waals surface area contributed by atoms with Gasteiger partial charge >= 0.3 is 6.18 Å². The fourth-order valence-corrected chi connectivity index (χ4v) is 7.46. The first-order valence-corrected chi connectivity index (χ1v) is 15.6. The van der Waals surface area contributed by atoms with Crippen molar-refractivity contribution in [3.8, 4) is 0 Å². The number of likely N-dealkylation sites (tertiary alicyclic amines) is 2. The van der Waals surface area contributed by atoms with Crippen LogP contribution in [0.5, 0.6) is 0 Å².